The summed E-state index contributed by atoms with van der Waals surface area (Å²) in [7, 11) is -2.41. The van der Waals surface area contributed by atoms with Crippen molar-refractivity contribution in [2.75, 3.05) is 13.2 Å². The fourth-order valence-electron chi connectivity index (χ4n) is 0.856. The lowest BCUT2D eigenvalue weighted by Crippen LogP contribution is -2.38. The molecule has 12 heavy (non-hydrogen) atoms. The van der Waals surface area contributed by atoms with Gasteiger partial charge in [0.05, 0.1) is 13.2 Å². The van der Waals surface area contributed by atoms with Crippen LogP contribution in [0.1, 0.15) is 12.8 Å². The molecule has 2 saturated heterocycles. The minimum atomic E-state index is -2.41. The summed E-state index contributed by atoms with van der Waals surface area (Å²) in [4.78, 5) is 0. The number of hydrogen-bond acceptors (Lipinski definition) is 5. The van der Waals surface area contributed by atoms with E-state index in [0.717, 1.165) is 12.8 Å². The summed E-state index contributed by atoms with van der Waals surface area (Å²) in [5, 5.41) is 0. The maximum Gasteiger partial charge on any atom is 0.771 e. The first-order valence-corrected chi connectivity index (χ1v) is 5.17. The van der Waals surface area contributed by atoms with Gasteiger partial charge in [-0.05, 0) is 0 Å². The molecule has 0 aromatic heterocycles. The third-order valence-corrected chi connectivity index (χ3v) is 2.68. The van der Waals surface area contributed by atoms with Crippen LogP contribution in [-0.4, -0.2) is 35.0 Å². The largest absolute Gasteiger partial charge is 0.771 e. The third kappa shape index (κ3) is 1.82. The fraction of sp³-hybridized carbons (Fsp3) is 1.00. The molecule has 68 valence electrons. The Bertz CT molecular complexity index is 159. The van der Waals surface area contributed by atoms with Crippen LogP contribution in [0.3, 0.4) is 0 Å². The fourth-order valence-corrected chi connectivity index (χ4v) is 1.71. The summed E-state index contributed by atoms with van der Waals surface area (Å²) in [5.41, 5.74) is 0. The SMILES string of the molecule is O=[Si](OC1CCO1)OC1CCO1. The Labute approximate surface area is 71.5 Å². The first-order valence-electron chi connectivity index (χ1n) is 3.95. The molecule has 2 unspecified atom stereocenters. The Morgan fingerprint density at radius 1 is 1.08 bits per heavy atom. The van der Waals surface area contributed by atoms with Gasteiger partial charge in [-0.2, -0.15) is 0 Å². The van der Waals surface area contributed by atoms with Gasteiger partial charge in [-0.25, -0.2) is 0 Å². The maximum atomic E-state index is 11.0. The molecular formula is C6H10O5Si. The van der Waals surface area contributed by atoms with E-state index in [0.29, 0.717) is 13.2 Å². The van der Waals surface area contributed by atoms with Gasteiger partial charge in [-0.3, -0.25) is 4.46 Å². The summed E-state index contributed by atoms with van der Waals surface area (Å²) < 4.78 is 30.7. The second-order valence-corrected chi connectivity index (χ2v) is 3.64. The Morgan fingerprint density at radius 3 is 1.75 bits per heavy atom. The minimum Gasteiger partial charge on any atom is -0.470 e. The summed E-state index contributed by atoms with van der Waals surface area (Å²) in [6, 6.07) is 0. The van der Waals surface area contributed by atoms with Crippen molar-refractivity contribution in [3.05, 3.63) is 0 Å². The maximum absolute atomic E-state index is 11.0. The average Bonchev–Trinajstić information content (AvgIpc) is 1.89. The summed E-state index contributed by atoms with van der Waals surface area (Å²) >= 11 is 0. The zero-order chi connectivity index (χ0) is 8.39. The molecule has 0 aromatic rings. The highest BCUT2D eigenvalue weighted by Gasteiger charge is 2.30. The van der Waals surface area contributed by atoms with Gasteiger partial charge in [0, 0.05) is 12.8 Å². The van der Waals surface area contributed by atoms with E-state index in [1.54, 1.807) is 0 Å². The molecule has 5 nitrogen and oxygen atoms in total. The lowest BCUT2D eigenvalue weighted by Gasteiger charge is -2.29. The molecule has 2 aliphatic heterocycles. The van der Waals surface area contributed by atoms with E-state index < -0.39 is 9.17 Å². The Kier molecular flexibility index (Phi) is 2.38. The van der Waals surface area contributed by atoms with Crippen LogP contribution in [0.5, 0.6) is 0 Å². The van der Waals surface area contributed by atoms with Gasteiger partial charge in [0.1, 0.15) is 0 Å². The van der Waals surface area contributed by atoms with Crippen LogP contribution >= 0.6 is 0 Å². The third-order valence-electron chi connectivity index (χ3n) is 1.77. The molecule has 0 spiro atoms. The van der Waals surface area contributed by atoms with Crippen LogP contribution in [0, 0.1) is 0 Å². The van der Waals surface area contributed by atoms with E-state index in [9.17, 15) is 4.46 Å². The molecule has 0 bridgehead atoms. The van der Waals surface area contributed by atoms with E-state index in [4.69, 9.17) is 18.3 Å². The molecule has 0 amide bonds. The van der Waals surface area contributed by atoms with Gasteiger partial charge >= 0.3 is 9.17 Å². The summed E-state index contributed by atoms with van der Waals surface area (Å²) in [5.74, 6) is 0. The van der Waals surface area contributed by atoms with Crippen molar-refractivity contribution < 1.29 is 22.8 Å². The zero-order valence-corrected chi connectivity index (χ0v) is 7.52. The highest BCUT2D eigenvalue weighted by atomic mass is 28.3. The quantitative estimate of drug-likeness (QED) is 0.581. The van der Waals surface area contributed by atoms with E-state index in [-0.39, 0.29) is 12.6 Å². The van der Waals surface area contributed by atoms with Gasteiger partial charge < -0.3 is 18.3 Å². The van der Waals surface area contributed by atoms with Crippen LogP contribution in [0.25, 0.3) is 0 Å². The van der Waals surface area contributed by atoms with Crippen molar-refractivity contribution >= 4 is 9.17 Å². The minimum absolute atomic E-state index is 0.323. The first kappa shape index (κ1) is 8.15. The first-order chi connectivity index (χ1) is 5.84. The van der Waals surface area contributed by atoms with Gasteiger partial charge in [-0.1, -0.05) is 0 Å². The van der Waals surface area contributed by atoms with E-state index in [1.165, 1.54) is 0 Å². The molecule has 0 aliphatic carbocycles. The zero-order valence-electron chi connectivity index (χ0n) is 6.52. The monoisotopic (exact) mass is 190 g/mol. The molecule has 2 fully saturated rings. The number of rotatable bonds is 4. The van der Waals surface area contributed by atoms with Gasteiger partial charge in [0.15, 0.2) is 12.6 Å². The Morgan fingerprint density at radius 2 is 1.50 bits per heavy atom. The van der Waals surface area contributed by atoms with Gasteiger partial charge in [0.25, 0.3) is 0 Å². The smallest absolute Gasteiger partial charge is 0.470 e. The van der Waals surface area contributed by atoms with Crippen molar-refractivity contribution in [1.29, 1.82) is 0 Å². The highest BCUT2D eigenvalue weighted by molar-refractivity contribution is 6.26. The van der Waals surface area contributed by atoms with Crippen molar-refractivity contribution in [3.8, 4) is 0 Å². The normalized spacial score (nSPS) is 33.0. The molecule has 2 atom stereocenters. The van der Waals surface area contributed by atoms with Crippen LogP contribution in [0.15, 0.2) is 0 Å². The summed E-state index contributed by atoms with van der Waals surface area (Å²) in [6.07, 6.45) is 0.948. The molecule has 2 rings (SSSR count). The van der Waals surface area contributed by atoms with Crippen molar-refractivity contribution in [2.24, 2.45) is 0 Å². The molecule has 2 heterocycles. The Hall–Kier alpha value is -0.463. The van der Waals surface area contributed by atoms with Gasteiger partial charge in [0.2, 0.25) is 0 Å². The van der Waals surface area contributed by atoms with E-state index in [1.807, 2.05) is 0 Å². The molecule has 0 radical (unpaired) electrons. The van der Waals surface area contributed by atoms with Crippen LogP contribution in [-0.2, 0) is 22.8 Å². The van der Waals surface area contributed by atoms with E-state index >= 15 is 0 Å². The number of hydrogen-bond donors (Lipinski definition) is 0. The van der Waals surface area contributed by atoms with Crippen LogP contribution in [0.2, 0.25) is 0 Å². The van der Waals surface area contributed by atoms with Crippen LogP contribution in [0.4, 0.5) is 0 Å². The standard InChI is InChI=1S/C6H10O5Si/c7-12(10-5-1-3-8-5)11-6-2-4-9-6/h5-6H,1-4H2. The second-order valence-electron chi connectivity index (χ2n) is 2.66. The van der Waals surface area contributed by atoms with Gasteiger partial charge in [-0.15, -0.1) is 0 Å². The topological polar surface area (TPSA) is 54.0 Å². The van der Waals surface area contributed by atoms with Crippen molar-refractivity contribution in [3.63, 3.8) is 0 Å². The lowest BCUT2D eigenvalue weighted by atomic mass is 10.4. The molecular weight excluding hydrogens is 180 g/mol. The molecule has 0 N–H and O–H groups in total. The number of ether oxygens (including phenoxy) is 2. The van der Waals surface area contributed by atoms with Crippen LogP contribution < -0.4 is 0 Å². The molecule has 2 aliphatic rings. The molecule has 0 saturated carbocycles. The Balaban J connectivity index is 1.62. The predicted octanol–water partition coefficient (Wildman–Crippen LogP) is -0.0722. The van der Waals surface area contributed by atoms with E-state index in [2.05, 4.69) is 0 Å². The predicted molar refractivity (Wildman–Crippen MR) is 37.3 cm³/mol. The second kappa shape index (κ2) is 3.50. The highest BCUT2D eigenvalue weighted by Crippen LogP contribution is 2.15. The molecule has 6 heteroatoms. The average molecular weight is 190 g/mol. The lowest BCUT2D eigenvalue weighted by molar-refractivity contribution is -0.207. The van der Waals surface area contributed by atoms with Crippen molar-refractivity contribution in [2.45, 2.75) is 25.4 Å². The molecule has 0 aromatic carbocycles. The van der Waals surface area contributed by atoms with Crippen molar-refractivity contribution in [1.82, 2.24) is 0 Å². The summed E-state index contributed by atoms with van der Waals surface area (Å²) in [6.45, 7) is 1.36.